The van der Waals surface area contributed by atoms with Crippen molar-refractivity contribution in [2.24, 2.45) is 0 Å². The van der Waals surface area contributed by atoms with Crippen molar-refractivity contribution < 1.29 is 18.7 Å². The quantitative estimate of drug-likeness (QED) is 0.815. The summed E-state index contributed by atoms with van der Waals surface area (Å²) in [6.45, 7) is 3.10. The molecular formula is C18H21NO4. The summed E-state index contributed by atoms with van der Waals surface area (Å²) in [7, 11) is 0. The zero-order valence-electron chi connectivity index (χ0n) is 13.3. The highest BCUT2D eigenvalue weighted by Gasteiger charge is 2.26. The second kappa shape index (κ2) is 6.86. The fourth-order valence-electron chi connectivity index (χ4n) is 2.90. The number of likely N-dealkylation sites (tertiary alicyclic amines) is 1. The molecule has 2 aromatic rings. The largest absolute Gasteiger partial charge is 0.449 e. The number of amides is 1. The molecule has 122 valence electrons. The maximum atomic E-state index is 12.4. The molecule has 1 aromatic carbocycles. The Labute approximate surface area is 135 Å². The number of carbonyl (C=O) groups excluding carboxylic acids is 2. The van der Waals surface area contributed by atoms with E-state index in [1.807, 2.05) is 18.2 Å². The van der Waals surface area contributed by atoms with Crippen LogP contribution in [0.4, 0.5) is 0 Å². The molecule has 0 aliphatic carbocycles. The summed E-state index contributed by atoms with van der Waals surface area (Å²) in [6.07, 6.45) is 3.52. The highest BCUT2D eigenvalue weighted by atomic mass is 16.6. The van der Waals surface area contributed by atoms with Crippen molar-refractivity contribution in [2.75, 3.05) is 13.1 Å². The molecule has 0 radical (unpaired) electrons. The van der Waals surface area contributed by atoms with Crippen LogP contribution in [0.15, 0.2) is 34.7 Å². The molecule has 3 rings (SSSR count). The number of ether oxygens (including phenoxy) is 1. The minimum atomic E-state index is -0.797. The van der Waals surface area contributed by atoms with Gasteiger partial charge in [0.25, 0.3) is 5.91 Å². The summed E-state index contributed by atoms with van der Waals surface area (Å²) >= 11 is 0. The van der Waals surface area contributed by atoms with Crippen molar-refractivity contribution in [3.63, 3.8) is 0 Å². The van der Waals surface area contributed by atoms with Crippen LogP contribution in [0.1, 0.15) is 43.2 Å². The van der Waals surface area contributed by atoms with Crippen molar-refractivity contribution in [3.05, 3.63) is 36.1 Å². The van der Waals surface area contributed by atoms with Crippen molar-refractivity contribution in [1.82, 2.24) is 4.90 Å². The van der Waals surface area contributed by atoms with Gasteiger partial charge in [-0.3, -0.25) is 4.79 Å². The molecule has 5 heteroatoms. The Balaban J connectivity index is 1.65. The van der Waals surface area contributed by atoms with E-state index in [2.05, 4.69) is 0 Å². The van der Waals surface area contributed by atoms with E-state index in [0.29, 0.717) is 5.58 Å². The van der Waals surface area contributed by atoms with Gasteiger partial charge >= 0.3 is 5.97 Å². The number of nitrogens with zero attached hydrogens (tertiary/aromatic N) is 1. The van der Waals surface area contributed by atoms with E-state index in [9.17, 15) is 9.59 Å². The molecule has 0 spiro atoms. The molecule has 5 nitrogen and oxygen atoms in total. The van der Waals surface area contributed by atoms with E-state index in [4.69, 9.17) is 9.15 Å². The van der Waals surface area contributed by atoms with Crippen LogP contribution in [-0.2, 0) is 9.53 Å². The highest BCUT2D eigenvalue weighted by Crippen LogP contribution is 2.20. The van der Waals surface area contributed by atoms with E-state index in [-0.39, 0.29) is 11.7 Å². The molecule has 0 N–H and O–H groups in total. The van der Waals surface area contributed by atoms with Gasteiger partial charge in [0.1, 0.15) is 5.58 Å². The fraction of sp³-hybridized carbons (Fsp3) is 0.444. The molecular weight excluding hydrogens is 294 g/mol. The van der Waals surface area contributed by atoms with Crippen LogP contribution in [-0.4, -0.2) is 36.0 Å². The molecule has 0 unspecified atom stereocenters. The van der Waals surface area contributed by atoms with E-state index in [1.54, 1.807) is 24.0 Å². The smallest absolute Gasteiger partial charge is 0.375 e. The number of fused-ring (bicyclic) bond motifs is 1. The topological polar surface area (TPSA) is 59.8 Å². The minimum Gasteiger partial charge on any atom is -0.449 e. The van der Waals surface area contributed by atoms with Gasteiger partial charge < -0.3 is 14.1 Å². The van der Waals surface area contributed by atoms with Gasteiger partial charge in [0.05, 0.1) is 0 Å². The molecule has 0 bridgehead atoms. The zero-order chi connectivity index (χ0) is 16.2. The Morgan fingerprint density at radius 2 is 1.83 bits per heavy atom. The number of hydrogen-bond acceptors (Lipinski definition) is 4. The van der Waals surface area contributed by atoms with Crippen LogP contribution in [0.3, 0.4) is 0 Å². The lowest BCUT2D eigenvalue weighted by atomic mass is 10.2. The molecule has 1 saturated heterocycles. The first-order chi connectivity index (χ1) is 11.1. The van der Waals surface area contributed by atoms with Crippen molar-refractivity contribution in [2.45, 2.75) is 38.7 Å². The van der Waals surface area contributed by atoms with Crippen molar-refractivity contribution >= 4 is 22.8 Å². The molecule has 1 atom stereocenters. The van der Waals surface area contributed by atoms with Gasteiger partial charge in [-0.15, -0.1) is 0 Å². The molecule has 23 heavy (non-hydrogen) atoms. The summed E-state index contributed by atoms with van der Waals surface area (Å²) in [6, 6.07) is 9.01. The predicted octanol–water partition coefficient (Wildman–Crippen LogP) is 3.38. The monoisotopic (exact) mass is 315 g/mol. The molecule has 2 heterocycles. The Hall–Kier alpha value is -2.30. The van der Waals surface area contributed by atoms with Crippen LogP contribution in [0.2, 0.25) is 0 Å². The maximum absolute atomic E-state index is 12.4. The molecule has 1 aromatic heterocycles. The molecule has 1 fully saturated rings. The van der Waals surface area contributed by atoms with Crippen molar-refractivity contribution in [3.8, 4) is 0 Å². The maximum Gasteiger partial charge on any atom is 0.375 e. The summed E-state index contributed by atoms with van der Waals surface area (Å²) in [5.41, 5.74) is 0.631. The van der Waals surface area contributed by atoms with Crippen LogP contribution in [0.5, 0.6) is 0 Å². The van der Waals surface area contributed by atoms with Gasteiger partial charge in [-0.2, -0.15) is 0 Å². The summed E-state index contributed by atoms with van der Waals surface area (Å²) < 4.78 is 10.8. The third kappa shape index (κ3) is 3.55. The lowest BCUT2D eigenvalue weighted by Crippen LogP contribution is -2.40. The van der Waals surface area contributed by atoms with Gasteiger partial charge in [0, 0.05) is 18.5 Å². The van der Waals surface area contributed by atoms with E-state index < -0.39 is 12.1 Å². The van der Waals surface area contributed by atoms with Crippen LogP contribution >= 0.6 is 0 Å². The lowest BCUT2D eigenvalue weighted by molar-refractivity contribution is -0.139. The molecule has 1 aliphatic rings. The lowest BCUT2D eigenvalue weighted by Gasteiger charge is -2.23. The third-order valence-electron chi connectivity index (χ3n) is 4.18. The summed E-state index contributed by atoms with van der Waals surface area (Å²) in [5, 5.41) is 0.839. The first-order valence-corrected chi connectivity index (χ1v) is 8.13. The Morgan fingerprint density at radius 1 is 1.13 bits per heavy atom. The van der Waals surface area contributed by atoms with Gasteiger partial charge in [-0.05, 0) is 31.9 Å². The second-order valence-corrected chi connectivity index (χ2v) is 5.94. The normalized spacial score (nSPS) is 16.8. The van der Waals surface area contributed by atoms with E-state index in [0.717, 1.165) is 44.2 Å². The summed E-state index contributed by atoms with van der Waals surface area (Å²) in [4.78, 5) is 26.4. The predicted molar refractivity (Wildman–Crippen MR) is 86.1 cm³/mol. The number of carbonyl (C=O) groups is 2. The molecule has 1 aliphatic heterocycles. The van der Waals surface area contributed by atoms with Crippen LogP contribution in [0.25, 0.3) is 11.0 Å². The van der Waals surface area contributed by atoms with Gasteiger partial charge in [-0.1, -0.05) is 31.0 Å². The number of para-hydroxylation sites is 1. The van der Waals surface area contributed by atoms with Crippen LogP contribution < -0.4 is 0 Å². The number of rotatable bonds is 3. The second-order valence-electron chi connectivity index (χ2n) is 5.94. The number of furan rings is 1. The number of hydrogen-bond donors (Lipinski definition) is 0. The SMILES string of the molecule is C[C@H](OC(=O)c1cc2ccccc2o1)C(=O)N1CCCCCC1. The van der Waals surface area contributed by atoms with E-state index >= 15 is 0 Å². The van der Waals surface area contributed by atoms with E-state index in [1.165, 1.54) is 0 Å². The third-order valence-corrected chi connectivity index (χ3v) is 4.18. The highest BCUT2D eigenvalue weighted by molar-refractivity contribution is 5.94. The fourth-order valence-corrected chi connectivity index (χ4v) is 2.90. The molecule has 0 saturated carbocycles. The average Bonchev–Trinajstić information content (AvgIpc) is 2.81. The first kappa shape index (κ1) is 15.6. The first-order valence-electron chi connectivity index (χ1n) is 8.13. The Morgan fingerprint density at radius 3 is 2.52 bits per heavy atom. The van der Waals surface area contributed by atoms with Gasteiger partial charge in [0.15, 0.2) is 6.10 Å². The standard InChI is InChI=1S/C18H21NO4/c1-13(17(20)19-10-6-2-3-7-11-19)22-18(21)16-12-14-8-4-5-9-15(14)23-16/h4-5,8-9,12-13H,2-3,6-7,10-11H2,1H3/t13-/m0/s1. The Bertz CT molecular complexity index is 665. The zero-order valence-corrected chi connectivity index (χ0v) is 13.3. The van der Waals surface area contributed by atoms with Gasteiger partial charge in [-0.25, -0.2) is 4.79 Å². The van der Waals surface area contributed by atoms with Crippen LogP contribution in [0, 0.1) is 0 Å². The number of benzene rings is 1. The Kier molecular flexibility index (Phi) is 4.65. The van der Waals surface area contributed by atoms with Crippen molar-refractivity contribution in [1.29, 1.82) is 0 Å². The number of esters is 1. The summed E-state index contributed by atoms with van der Waals surface area (Å²) in [5.74, 6) is -0.602. The average molecular weight is 315 g/mol. The minimum absolute atomic E-state index is 0.127. The molecule has 1 amide bonds. The van der Waals surface area contributed by atoms with Gasteiger partial charge in [0.2, 0.25) is 5.76 Å².